The second-order valence-electron chi connectivity index (χ2n) is 4.93. The van der Waals surface area contributed by atoms with E-state index in [2.05, 4.69) is 10.8 Å². The molecule has 0 bridgehead atoms. The number of nitriles is 1. The molecule has 0 aromatic heterocycles. The molecule has 23 heavy (non-hydrogen) atoms. The summed E-state index contributed by atoms with van der Waals surface area (Å²) in [6, 6.07) is 7.11. The summed E-state index contributed by atoms with van der Waals surface area (Å²) in [6.07, 6.45) is -4.91. The summed E-state index contributed by atoms with van der Waals surface area (Å²) in [4.78, 5) is 12.1. The molecule has 0 saturated carbocycles. The highest BCUT2D eigenvalue weighted by Crippen LogP contribution is 2.29. The fourth-order valence-electron chi connectivity index (χ4n) is 2.39. The van der Waals surface area contributed by atoms with E-state index in [1.165, 1.54) is 17.0 Å². The van der Waals surface area contributed by atoms with Crippen molar-refractivity contribution in [3.8, 4) is 11.8 Å². The molecule has 0 unspecified atom stereocenters. The normalized spacial score (nSPS) is 15.0. The molecule has 0 atom stereocenters. The largest absolute Gasteiger partial charge is 0.573 e. The predicted octanol–water partition coefficient (Wildman–Crippen LogP) is 3.64. The van der Waals surface area contributed by atoms with E-state index >= 15 is 0 Å². The van der Waals surface area contributed by atoms with Crippen LogP contribution >= 0.6 is 0 Å². The van der Waals surface area contributed by atoms with Crippen molar-refractivity contribution in [2.24, 2.45) is 0 Å². The van der Waals surface area contributed by atoms with Gasteiger partial charge in [0.05, 0.1) is 11.6 Å². The van der Waals surface area contributed by atoms with Crippen LogP contribution in [0.3, 0.4) is 0 Å². The highest BCUT2D eigenvalue weighted by Gasteiger charge is 2.31. The van der Waals surface area contributed by atoms with Crippen molar-refractivity contribution in [1.82, 2.24) is 4.90 Å². The number of alkyl halides is 3. The number of rotatable bonds is 2. The van der Waals surface area contributed by atoms with Crippen molar-refractivity contribution in [3.63, 3.8) is 0 Å². The Kier molecular flexibility index (Phi) is 4.79. The third kappa shape index (κ3) is 4.39. The molecule has 0 radical (unpaired) electrons. The lowest BCUT2D eigenvalue weighted by molar-refractivity contribution is -0.274. The third-order valence-electron chi connectivity index (χ3n) is 3.48. The molecule has 1 saturated heterocycles. The van der Waals surface area contributed by atoms with Gasteiger partial charge in [0.1, 0.15) is 5.75 Å². The topological polar surface area (TPSA) is 73.6 Å². The zero-order chi connectivity index (χ0) is 17.0. The molecule has 5 nitrogen and oxygen atoms in total. The number of likely N-dealkylation sites (tertiary alicyclic amines) is 1. The fraction of sp³-hybridized carbons (Fsp3) is 0.333. The molecular weight excluding hydrogens is 313 g/mol. The molecule has 1 fully saturated rings. The van der Waals surface area contributed by atoms with Crippen molar-refractivity contribution in [1.29, 1.82) is 5.26 Å². The van der Waals surface area contributed by atoms with Crippen molar-refractivity contribution in [2.45, 2.75) is 19.2 Å². The number of carboxylic acid groups (broad SMARTS) is 1. The van der Waals surface area contributed by atoms with Crippen LogP contribution in [0.1, 0.15) is 18.4 Å². The van der Waals surface area contributed by atoms with Gasteiger partial charge in [0, 0.05) is 13.1 Å². The van der Waals surface area contributed by atoms with Crippen molar-refractivity contribution in [2.75, 3.05) is 13.1 Å². The Morgan fingerprint density at radius 2 is 1.78 bits per heavy atom. The van der Waals surface area contributed by atoms with Gasteiger partial charge in [-0.3, -0.25) is 0 Å². The van der Waals surface area contributed by atoms with Crippen LogP contribution in [-0.2, 0) is 0 Å². The van der Waals surface area contributed by atoms with Gasteiger partial charge in [-0.2, -0.15) is 5.26 Å². The van der Waals surface area contributed by atoms with Crippen molar-refractivity contribution >= 4 is 11.7 Å². The van der Waals surface area contributed by atoms with E-state index in [1.54, 1.807) is 0 Å². The van der Waals surface area contributed by atoms with Crippen LogP contribution in [0, 0.1) is 11.3 Å². The first-order valence-electron chi connectivity index (χ1n) is 6.76. The number of ether oxygens (including phenoxy) is 1. The number of carbonyl (C=O) groups is 1. The standard InChI is InChI=1S/C15H13F3N2O3/c16-15(17,18)23-12-3-1-10(2-4-12)13(9-19)11-5-7-20(8-6-11)14(21)22/h1-4H,5-8H2,(H,21,22). The molecule has 1 aliphatic heterocycles. The highest BCUT2D eigenvalue weighted by molar-refractivity contribution is 5.80. The number of nitrogens with zero attached hydrogens (tertiary/aromatic N) is 2. The molecule has 1 aliphatic rings. The first-order chi connectivity index (χ1) is 10.8. The van der Waals surface area contributed by atoms with Gasteiger partial charge in [0.25, 0.3) is 0 Å². The summed E-state index contributed by atoms with van der Waals surface area (Å²) in [5, 5.41) is 18.2. The average molecular weight is 326 g/mol. The van der Waals surface area contributed by atoms with Crippen LogP contribution in [-0.4, -0.2) is 35.6 Å². The summed E-state index contributed by atoms with van der Waals surface area (Å²) in [5.41, 5.74) is 1.66. The number of halogens is 3. The first-order valence-corrected chi connectivity index (χ1v) is 6.76. The number of hydrogen-bond donors (Lipinski definition) is 1. The number of piperidine rings is 1. The van der Waals surface area contributed by atoms with Gasteiger partial charge in [0.15, 0.2) is 0 Å². The lowest BCUT2D eigenvalue weighted by Gasteiger charge is -2.26. The minimum absolute atomic E-state index is 0.297. The maximum Gasteiger partial charge on any atom is 0.573 e. The van der Waals surface area contributed by atoms with E-state index in [9.17, 15) is 23.2 Å². The molecule has 1 heterocycles. The van der Waals surface area contributed by atoms with Crippen LogP contribution in [0.5, 0.6) is 5.75 Å². The van der Waals surface area contributed by atoms with E-state index in [-0.39, 0.29) is 5.75 Å². The van der Waals surface area contributed by atoms with Gasteiger partial charge in [-0.15, -0.1) is 13.2 Å². The van der Waals surface area contributed by atoms with Crippen LogP contribution in [0.25, 0.3) is 5.57 Å². The average Bonchev–Trinajstić information content (AvgIpc) is 2.49. The quantitative estimate of drug-likeness (QED) is 0.842. The summed E-state index contributed by atoms with van der Waals surface area (Å²) in [5.74, 6) is -0.357. The first kappa shape index (κ1) is 16.7. The maximum absolute atomic E-state index is 12.1. The summed E-state index contributed by atoms with van der Waals surface area (Å²) >= 11 is 0. The Hall–Kier alpha value is -2.69. The Morgan fingerprint density at radius 3 is 2.22 bits per heavy atom. The molecule has 0 aliphatic carbocycles. The van der Waals surface area contributed by atoms with Crippen LogP contribution < -0.4 is 4.74 Å². The predicted molar refractivity (Wildman–Crippen MR) is 74.5 cm³/mol. The van der Waals surface area contributed by atoms with E-state index < -0.39 is 12.5 Å². The van der Waals surface area contributed by atoms with Gasteiger partial charge in [0.2, 0.25) is 0 Å². The minimum atomic E-state index is -4.76. The smallest absolute Gasteiger partial charge is 0.465 e. The molecule has 2 rings (SSSR count). The van der Waals surface area contributed by atoms with E-state index in [4.69, 9.17) is 5.11 Å². The molecular formula is C15H13F3N2O3. The molecule has 8 heteroatoms. The zero-order valence-electron chi connectivity index (χ0n) is 11.9. The van der Waals surface area contributed by atoms with Gasteiger partial charge in [-0.1, -0.05) is 0 Å². The maximum atomic E-state index is 12.1. The van der Waals surface area contributed by atoms with E-state index in [1.807, 2.05) is 0 Å². The highest BCUT2D eigenvalue weighted by atomic mass is 19.4. The summed E-state index contributed by atoms with van der Waals surface area (Å²) in [6.45, 7) is 0.593. The third-order valence-corrected chi connectivity index (χ3v) is 3.48. The number of benzene rings is 1. The Labute approximate surface area is 130 Å². The number of allylic oxidation sites excluding steroid dienone is 1. The van der Waals surface area contributed by atoms with Gasteiger partial charge < -0.3 is 14.7 Å². The number of hydrogen-bond acceptors (Lipinski definition) is 3. The Morgan fingerprint density at radius 1 is 1.22 bits per heavy atom. The van der Waals surface area contributed by atoms with Crippen LogP contribution in [0.2, 0.25) is 0 Å². The van der Waals surface area contributed by atoms with Crippen molar-refractivity contribution < 1.29 is 27.8 Å². The summed E-state index contributed by atoms with van der Waals surface area (Å²) in [7, 11) is 0. The van der Waals surface area contributed by atoms with Crippen LogP contribution in [0.15, 0.2) is 29.8 Å². The fourth-order valence-corrected chi connectivity index (χ4v) is 2.39. The lowest BCUT2D eigenvalue weighted by atomic mass is 9.94. The molecule has 1 N–H and O–H groups in total. The Bertz CT molecular complexity index is 650. The molecule has 1 aromatic carbocycles. The molecule has 122 valence electrons. The zero-order valence-corrected chi connectivity index (χ0v) is 11.9. The lowest BCUT2D eigenvalue weighted by Crippen LogP contribution is -2.35. The second kappa shape index (κ2) is 6.60. The van der Waals surface area contributed by atoms with E-state index in [0.29, 0.717) is 37.1 Å². The Balaban J connectivity index is 2.17. The number of amides is 1. The molecule has 1 amide bonds. The minimum Gasteiger partial charge on any atom is -0.465 e. The van der Waals surface area contributed by atoms with Gasteiger partial charge >= 0.3 is 12.5 Å². The van der Waals surface area contributed by atoms with Crippen molar-refractivity contribution in [3.05, 3.63) is 35.4 Å². The monoisotopic (exact) mass is 326 g/mol. The molecule has 1 aromatic rings. The molecule has 0 spiro atoms. The SMILES string of the molecule is N#CC(=C1CCN(C(=O)O)CC1)c1ccc(OC(F)(F)F)cc1. The second-order valence-corrected chi connectivity index (χ2v) is 4.93. The van der Waals surface area contributed by atoms with Gasteiger partial charge in [-0.25, -0.2) is 4.79 Å². The van der Waals surface area contributed by atoms with Gasteiger partial charge in [-0.05, 0) is 48.2 Å². The summed E-state index contributed by atoms with van der Waals surface area (Å²) < 4.78 is 40.2. The van der Waals surface area contributed by atoms with E-state index in [0.717, 1.165) is 17.7 Å². The van der Waals surface area contributed by atoms with Crippen LogP contribution in [0.4, 0.5) is 18.0 Å².